The molecule has 0 amide bonds. The fraction of sp³-hybridized carbons (Fsp3) is 0.417. The van der Waals surface area contributed by atoms with Crippen molar-refractivity contribution in [3.63, 3.8) is 0 Å². The molecule has 15 heavy (non-hydrogen) atoms. The highest BCUT2D eigenvalue weighted by Crippen LogP contribution is 2.22. The van der Waals surface area contributed by atoms with Crippen molar-refractivity contribution < 1.29 is 0 Å². The minimum absolute atomic E-state index is 0.575. The fourth-order valence-electron chi connectivity index (χ4n) is 2.34. The molecule has 2 heterocycles. The first-order valence-corrected chi connectivity index (χ1v) is 5.57. The van der Waals surface area contributed by atoms with E-state index >= 15 is 0 Å². The summed E-state index contributed by atoms with van der Waals surface area (Å²) in [6, 6.07) is 8.92. The van der Waals surface area contributed by atoms with Gasteiger partial charge in [-0.25, -0.2) is 4.98 Å². The Kier molecular flexibility index (Phi) is 2.18. The largest absolute Gasteiger partial charge is 0.326 e. The minimum atomic E-state index is 0.575. The number of nitrogens with one attached hydrogen (secondary N) is 1. The second-order valence-corrected chi connectivity index (χ2v) is 4.14. The molecule has 78 valence electrons. The molecule has 2 aromatic rings. The summed E-state index contributed by atoms with van der Waals surface area (Å²) in [4.78, 5) is 4.43. The maximum Gasteiger partial charge on any atom is 0.0961 e. The quantitative estimate of drug-likeness (QED) is 0.764. The van der Waals surface area contributed by atoms with Crippen LogP contribution in [-0.4, -0.2) is 22.6 Å². The predicted molar refractivity (Wildman–Crippen MR) is 60.9 cm³/mol. The van der Waals surface area contributed by atoms with Gasteiger partial charge in [0, 0.05) is 12.6 Å². The Labute approximate surface area is 89.1 Å². The van der Waals surface area contributed by atoms with E-state index in [2.05, 4.69) is 33.1 Å². The number of nitrogens with zero attached hydrogens (tertiary/aromatic N) is 2. The summed E-state index contributed by atoms with van der Waals surface area (Å²) >= 11 is 0. The first-order chi connectivity index (χ1) is 7.45. The molecule has 1 aromatic heterocycles. The molecule has 1 saturated heterocycles. The molecule has 3 rings (SSSR count). The van der Waals surface area contributed by atoms with Crippen LogP contribution in [-0.2, 0) is 0 Å². The van der Waals surface area contributed by atoms with E-state index in [4.69, 9.17) is 0 Å². The van der Waals surface area contributed by atoms with Gasteiger partial charge in [0.2, 0.25) is 0 Å². The molecular formula is C12H15N3. The monoisotopic (exact) mass is 201 g/mol. The third-order valence-corrected chi connectivity index (χ3v) is 3.15. The number of fused-ring (bicyclic) bond motifs is 1. The highest BCUT2D eigenvalue weighted by atomic mass is 15.1. The van der Waals surface area contributed by atoms with Crippen LogP contribution in [0.15, 0.2) is 30.6 Å². The molecule has 0 aliphatic carbocycles. The van der Waals surface area contributed by atoms with Gasteiger partial charge in [-0.2, -0.15) is 0 Å². The van der Waals surface area contributed by atoms with Gasteiger partial charge in [-0.3, -0.25) is 0 Å². The number of hydrogen-bond donors (Lipinski definition) is 1. The summed E-state index contributed by atoms with van der Waals surface area (Å²) in [6.07, 6.45) is 4.49. The number of aromatic nitrogens is 2. The molecule has 1 aromatic carbocycles. The van der Waals surface area contributed by atoms with E-state index in [1.54, 1.807) is 0 Å². The molecule has 1 aliphatic rings. The second kappa shape index (κ2) is 3.66. The van der Waals surface area contributed by atoms with Crippen molar-refractivity contribution in [2.75, 3.05) is 13.1 Å². The summed E-state index contributed by atoms with van der Waals surface area (Å²) in [5.74, 6) is 0. The average molecular weight is 201 g/mol. The van der Waals surface area contributed by atoms with Gasteiger partial charge in [-0.15, -0.1) is 0 Å². The van der Waals surface area contributed by atoms with Crippen molar-refractivity contribution in [3.8, 4) is 0 Å². The number of piperidine rings is 1. The van der Waals surface area contributed by atoms with Gasteiger partial charge < -0.3 is 9.88 Å². The van der Waals surface area contributed by atoms with Crippen LogP contribution >= 0.6 is 0 Å². The van der Waals surface area contributed by atoms with Crippen LogP contribution in [0.4, 0.5) is 0 Å². The van der Waals surface area contributed by atoms with Gasteiger partial charge in [0.05, 0.1) is 17.4 Å². The molecule has 0 radical (unpaired) electrons. The lowest BCUT2D eigenvalue weighted by Crippen LogP contribution is -2.31. The van der Waals surface area contributed by atoms with E-state index in [1.165, 1.54) is 18.4 Å². The fourth-order valence-corrected chi connectivity index (χ4v) is 2.34. The van der Waals surface area contributed by atoms with Gasteiger partial charge >= 0.3 is 0 Å². The maximum atomic E-state index is 4.43. The van der Waals surface area contributed by atoms with Crippen molar-refractivity contribution in [2.24, 2.45) is 0 Å². The predicted octanol–water partition coefficient (Wildman–Crippen LogP) is 1.96. The second-order valence-electron chi connectivity index (χ2n) is 4.14. The van der Waals surface area contributed by atoms with Gasteiger partial charge in [-0.1, -0.05) is 12.1 Å². The molecule has 1 N–H and O–H groups in total. The number of imidazole rings is 1. The molecule has 1 atom stereocenters. The molecule has 1 fully saturated rings. The molecule has 0 saturated carbocycles. The zero-order chi connectivity index (χ0) is 10.1. The molecular weight excluding hydrogens is 186 g/mol. The number of hydrogen-bond acceptors (Lipinski definition) is 2. The Bertz CT molecular complexity index is 455. The lowest BCUT2D eigenvalue weighted by molar-refractivity contribution is 0.378. The van der Waals surface area contributed by atoms with E-state index in [1.807, 2.05) is 12.4 Å². The number of rotatable bonds is 1. The van der Waals surface area contributed by atoms with Gasteiger partial charge in [0.15, 0.2) is 0 Å². The van der Waals surface area contributed by atoms with E-state index in [0.717, 1.165) is 18.6 Å². The first kappa shape index (κ1) is 8.92. The van der Waals surface area contributed by atoms with Crippen molar-refractivity contribution >= 4 is 11.0 Å². The topological polar surface area (TPSA) is 29.9 Å². The van der Waals surface area contributed by atoms with Crippen molar-refractivity contribution in [2.45, 2.75) is 18.9 Å². The van der Waals surface area contributed by atoms with Crippen molar-refractivity contribution in [1.29, 1.82) is 0 Å². The highest BCUT2D eigenvalue weighted by Gasteiger charge is 2.16. The van der Waals surface area contributed by atoms with Gasteiger partial charge in [0.1, 0.15) is 0 Å². The summed E-state index contributed by atoms with van der Waals surface area (Å²) in [6.45, 7) is 2.23. The zero-order valence-corrected chi connectivity index (χ0v) is 8.69. The SMILES string of the molecule is c1ccc2c(c1)ncn2[C@H]1CCCNC1. The molecule has 0 unspecified atom stereocenters. The third-order valence-electron chi connectivity index (χ3n) is 3.15. The van der Waals surface area contributed by atoms with Crippen molar-refractivity contribution in [1.82, 2.24) is 14.9 Å². The highest BCUT2D eigenvalue weighted by molar-refractivity contribution is 5.75. The Balaban J connectivity index is 2.02. The lowest BCUT2D eigenvalue weighted by Gasteiger charge is -2.24. The number of para-hydroxylation sites is 2. The van der Waals surface area contributed by atoms with Crippen LogP contribution < -0.4 is 5.32 Å². The smallest absolute Gasteiger partial charge is 0.0961 e. The van der Waals surface area contributed by atoms with Crippen molar-refractivity contribution in [3.05, 3.63) is 30.6 Å². The van der Waals surface area contributed by atoms with Crippen LogP contribution in [0.3, 0.4) is 0 Å². The van der Waals surface area contributed by atoms with Crippen LogP contribution in [0, 0.1) is 0 Å². The first-order valence-electron chi connectivity index (χ1n) is 5.57. The average Bonchev–Trinajstić information content (AvgIpc) is 2.74. The Morgan fingerprint density at radius 3 is 3.13 bits per heavy atom. The van der Waals surface area contributed by atoms with Crippen LogP contribution in [0.1, 0.15) is 18.9 Å². The van der Waals surface area contributed by atoms with Crippen LogP contribution in [0.2, 0.25) is 0 Å². The zero-order valence-electron chi connectivity index (χ0n) is 8.69. The maximum absolute atomic E-state index is 4.43. The molecule has 3 heteroatoms. The summed E-state index contributed by atoms with van der Waals surface area (Å²) < 4.78 is 2.31. The molecule has 3 nitrogen and oxygen atoms in total. The molecule has 0 spiro atoms. The number of benzene rings is 1. The van der Waals surface area contributed by atoms with Crippen LogP contribution in [0.5, 0.6) is 0 Å². The van der Waals surface area contributed by atoms with Gasteiger partial charge in [-0.05, 0) is 31.5 Å². The van der Waals surface area contributed by atoms with E-state index < -0.39 is 0 Å². The van der Waals surface area contributed by atoms with E-state index in [9.17, 15) is 0 Å². The summed E-state index contributed by atoms with van der Waals surface area (Å²) in [5.41, 5.74) is 2.36. The van der Waals surface area contributed by atoms with E-state index in [0.29, 0.717) is 6.04 Å². The normalized spacial score (nSPS) is 22.0. The third kappa shape index (κ3) is 1.53. The summed E-state index contributed by atoms with van der Waals surface area (Å²) in [5, 5.41) is 3.44. The molecule has 0 bridgehead atoms. The summed E-state index contributed by atoms with van der Waals surface area (Å²) in [7, 11) is 0. The van der Waals surface area contributed by atoms with Crippen LogP contribution in [0.25, 0.3) is 11.0 Å². The Hall–Kier alpha value is -1.35. The standard InChI is InChI=1S/C12H15N3/c1-2-6-12-11(5-1)14-9-15(12)10-4-3-7-13-8-10/h1-2,5-6,9-10,13H,3-4,7-8H2/t10-/m0/s1. The Morgan fingerprint density at radius 1 is 1.33 bits per heavy atom. The molecule has 1 aliphatic heterocycles. The van der Waals surface area contributed by atoms with Gasteiger partial charge in [0.25, 0.3) is 0 Å². The minimum Gasteiger partial charge on any atom is -0.326 e. The lowest BCUT2D eigenvalue weighted by atomic mass is 10.1. The van der Waals surface area contributed by atoms with E-state index in [-0.39, 0.29) is 0 Å². The Morgan fingerprint density at radius 2 is 2.27 bits per heavy atom.